The fourth-order valence-corrected chi connectivity index (χ4v) is 0.684. The van der Waals surface area contributed by atoms with Crippen molar-refractivity contribution in [3.8, 4) is 0 Å². The summed E-state index contributed by atoms with van der Waals surface area (Å²) in [5.41, 5.74) is -1.11. The van der Waals surface area contributed by atoms with E-state index in [9.17, 15) is 9.59 Å². The highest BCUT2D eigenvalue weighted by atomic mass is 16.6. The molecule has 0 fully saturated rings. The molecule has 0 amide bonds. The van der Waals surface area contributed by atoms with Crippen LogP contribution < -0.4 is 0 Å². The standard InChI is InChI=1S/C6H10O7.C5H12O4/c7-1-3(9)5(11)13-6(12)4(10)2-8;6-1-5(2-7,3-8)4-9/h3-4,7-10H,1-2H2;6-9H,1-4H2. The molecule has 2 atom stereocenters. The lowest BCUT2D eigenvalue weighted by Gasteiger charge is -2.23. The molecule has 0 bridgehead atoms. The van der Waals surface area contributed by atoms with Gasteiger partial charge < -0.3 is 45.6 Å². The molecule has 0 aromatic carbocycles. The van der Waals surface area contributed by atoms with Gasteiger partial charge in [-0.1, -0.05) is 0 Å². The first-order valence-electron chi connectivity index (χ1n) is 6.04. The molecule has 0 rings (SSSR count). The average molecular weight is 330 g/mol. The van der Waals surface area contributed by atoms with Crippen LogP contribution in [0.4, 0.5) is 0 Å². The SMILES string of the molecule is O=C(OC(=O)C(O)CO)C(O)CO.OCC(CO)(CO)CO. The van der Waals surface area contributed by atoms with Crippen LogP contribution in [0.5, 0.6) is 0 Å². The molecule has 0 saturated carbocycles. The molecule has 0 radical (unpaired) electrons. The molecular formula is C11H22O11. The van der Waals surface area contributed by atoms with Gasteiger partial charge in [0.15, 0.2) is 12.2 Å². The highest BCUT2D eigenvalue weighted by Crippen LogP contribution is 2.11. The summed E-state index contributed by atoms with van der Waals surface area (Å²) in [6.07, 6.45) is -3.65. The molecule has 0 aliphatic heterocycles. The zero-order valence-electron chi connectivity index (χ0n) is 11.7. The fourth-order valence-electron chi connectivity index (χ4n) is 0.684. The van der Waals surface area contributed by atoms with E-state index in [2.05, 4.69) is 4.74 Å². The van der Waals surface area contributed by atoms with Crippen molar-refractivity contribution in [2.24, 2.45) is 5.41 Å². The smallest absolute Gasteiger partial charge is 0.345 e. The number of aliphatic hydroxyl groups is 8. The van der Waals surface area contributed by atoms with Crippen LogP contribution in [0, 0.1) is 5.41 Å². The van der Waals surface area contributed by atoms with Crippen LogP contribution in [-0.2, 0) is 14.3 Å². The third-order valence-corrected chi connectivity index (χ3v) is 2.43. The minimum Gasteiger partial charge on any atom is -0.396 e. The van der Waals surface area contributed by atoms with Crippen molar-refractivity contribution >= 4 is 11.9 Å². The maximum absolute atomic E-state index is 10.6. The first-order chi connectivity index (χ1) is 10.3. The van der Waals surface area contributed by atoms with E-state index in [-0.39, 0.29) is 0 Å². The first-order valence-corrected chi connectivity index (χ1v) is 6.04. The molecule has 22 heavy (non-hydrogen) atoms. The van der Waals surface area contributed by atoms with Gasteiger partial charge in [-0.3, -0.25) is 0 Å². The molecule has 0 aromatic rings. The minimum atomic E-state index is -1.82. The number of carbonyl (C=O) groups excluding carboxylic acids is 2. The highest BCUT2D eigenvalue weighted by molar-refractivity contribution is 5.89. The van der Waals surface area contributed by atoms with E-state index in [1.165, 1.54) is 0 Å². The quantitative estimate of drug-likeness (QED) is 0.156. The first kappa shape index (κ1) is 23.1. The van der Waals surface area contributed by atoms with E-state index in [1.807, 2.05) is 0 Å². The number of aliphatic hydroxyl groups excluding tert-OH is 8. The molecule has 0 heterocycles. The number of carbonyl (C=O) groups is 2. The van der Waals surface area contributed by atoms with Gasteiger partial charge in [0.05, 0.1) is 45.1 Å². The Labute approximate surface area is 125 Å². The molecular weight excluding hydrogens is 308 g/mol. The molecule has 11 heteroatoms. The van der Waals surface area contributed by atoms with Gasteiger partial charge in [0, 0.05) is 0 Å². The third kappa shape index (κ3) is 8.31. The minimum absolute atomic E-state index is 0.406. The van der Waals surface area contributed by atoms with E-state index in [1.54, 1.807) is 0 Å². The van der Waals surface area contributed by atoms with E-state index in [0.29, 0.717) is 0 Å². The van der Waals surface area contributed by atoms with Gasteiger partial charge in [0.2, 0.25) is 0 Å². The summed E-state index contributed by atoms with van der Waals surface area (Å²) < 4.78 is 3.86. The average Bonchev–Trinajstić information content (AvgIpc) is 2.56. The van der Waals surface area contributed by atoms with Crippen molar-refractivity contribution < 1.29 is 55.2 Å². The molecule has 0 aromatic heterocycles. The molecule has 0 aliphatic rings. The summed E-state index contributed by atoms with van der Waals surface area (Å²) in [7, 11) is 0. The summed E-state index contributed by atoms with van der Waals surface area (Å²) in [4.78, 5) is 21.1. The zero-order chi connectivity index (χ0) is 17.8. The van der Waals surface area contributed by atoms with Crippen LogP contribution in [0.2, 0.25) is 0 Å². The van der Waals surface area contributed by atoms with Gasteiger partial charge in [-0.05, 0) is 0 Å². The van der Waals surface area contributed by atoms with Crippen LogP contribution >= 0.6 is 0 Å². The van der Waals surface area contributed by atoms with Gasteiger partial charge in [0.25, 0.3) is 0 Å². The Morgan fingerprint density at radius 2 is 1.00 bits per heavy atom. The maximum Gasteiger partial charge on any atom is 0.345 e. The number of ether oxygens (including phenoxy) is 1. The summed E-state index contributed by atoms with van der Waals surface area (Å²) in [6, 6.07) is 0. The van der Waals surface area contributed by atoms with Gasteiger partial charge in [0.1, 0.15) is 0 Å². The molecule has 0 spiro atoms. The van der Waals surface area contributed by atoms with Gasteiger partial charge in [-0.15, -0.1) is 0 Å². The van der Waals surface area contributed by atoms with E-state index in [4.69, 9.17) is 40.9 Å². The molecule has 2 unspecified atom stereocenters. The van der Waals surface area contributed by atoms with Crippen molar-refractivity contribution in [3.63, 3.8) is 0 Å². The third-order valence-electron chi connectivity index (χ3n) is 2.43. The topological polar surface area (TPSA) is 205 Å². The van der Waals surface area contributed by atoms with Crippen molar-refractivity contribution in [1.82, 2.24) is 0 Å². The Hall–Kier alpha value is -1.18. The number of esters is 2. The van der Waals surface area contributed by atoms with E-state index < -0.39 is 69.2 Å². The Morgan fingerprint density at radius 1 is 0.727 bits per heavy atom. The summed E-state index contributed by atoms with van der Waals surface area (Å²) in [5.74, 6) is -2.75. The fraction of sp³-hybridized carbons (Fsp3) is 0.818. The number of rotatable bonds is 8. The number of hydrogen-bond donors (Lipinski definition) is 8. The molecule has 11 nitrogen and oxygen atoms in total. The second kappa shape index (κ2) is 12.4. The summed E-state index contributed by atoms with van der Waals surface area (Å²) >= 11 is 0. The Morgan fingerprint density at radius 3 is 1.14 bits per heavy atom. The summed E-state index contributed by atoms with van der Waals surface area (Å²) in [5, 5.41) is 67.7. The predicted molar refractivity (Wildman–Crippen MR) is 68.1 cm³/mol. The molecule has 132 valence electrons. The Kier molecular flexibility index (Phi) is 13.0. The second-order valence-corrected chi connectivity index (χ2v) is 4.27. The van der Waals surface area contributed by atoms with Crippen LogP contribution in [-0.4, -0.2) is 105 Å². The zero-order valence-corrected chi connectivity index (χ0v) is 11.7. The van der Waals surface area contributed by atoms with Gasteiger partial charge in [-0.25, -0.2) is 9.59 Å². The normalized spacial score (nSPS) is 13.6. The highest BCUT2D eigenvalue weighted by Gasteiger charge is 2.26. The second-order valence-electron chi connectivity index (χ2n) is 4.27. The maximum atomic E-state index is 10.6. The predicted octanol–water partition coefficient (Wildman–Crippen LogP) is -5.30. The Bertz CT molecular complexity index is 278. The lowest BCUT2D eigenvalue weighted by atomic mass is 9.93. The van der Waals surface area contributed by atoms with E-state index in [0.717, 1.165) is 0 Å². The lowest BCUT2D eigenvalue weighted by molar-refractivity contribution is -0.173. The summed E-state index contributed by atoms with van der Waals surface area (Å²) in [6.45, 7) is -3.40. The van der Waals surface area contributed by atoms with Gasteiger partial charge >= 0.3 is 11.9 Å². The van der Waals surface area contributed by atoms with Crippen LogP contribution in [0.3, 0.4) is 0 Å². The number of hydrogen-bond acceptors (Lipinski definition) is 11. The lowest BCUT2D eigenvalue weighted by Crippen LogP contribution is -2.37. The van der Waals surface area contributed by atoms with Crippen LogP contribution in [0.15, 0.2) is 0 Å². The largest absolute Gasteiger partial charge is 0.396 e. The molecule has 0 aliphatic carbocycles. The van der Waals surface area contributed by atoms with Crippen LogP contribution in [0.1, 0.15) is 0 Å². The Balaban J connectivity index is 0. The monoisotopic (exact) mass is 330 g/mol. The van der Waals surface area contributed by atoms with Crippen LogP contribution in [0.25, 0.3) is 0 Å². The van der Waals surface area contributed by atoms with E-state index >= 15 is 0 Å². The molecule has 8 N–H and O–H groups in total. The van der Waals surface area contributed by atoms with Crippen molar-refractivity contribution in [2.45, 2.75) is 12.2 Å². The molecule has 0 saturated heterocycles. The van der Waals surface area contributed by atoms with Crippen molar-refractivity contribution in [2.75, 3.05) is 39.6 Å². The van der Waals surface area contributed by atoms with Gasteiger partial charge in [-0.2, -0.15) is 0 Å². The van der Waals surface area contributed by atoms with Crippen molar-refractivity contribution in [3.05, 3.63) is 0 Å². The van der Waals surface area contributed by atoms with Crippen molar-refractivity contribution in [1.29, 1.82) is 0 Å².